The first-order valence-corrected chi connectivity index (χ1v) is 8.80. The lowest BCUT2D eigenvalue weighted by atomic mass is 10.2. The summed E-state index contributed by atoms with van der Waals surface area (Å²) in [5, 5.41) is 2.56. The van der Waals surface area contributed by atoms with Crippen LogP contribution in [-0.2, 0) is 19.5 Å². The summed E-state index contributed by atoms with van der Waals surface area (Å²) >= 11 is 0. The molecule has 1 unspecified atom stereocenters. The van der Waals surface area contributed by atoms with Crippen molar-refractivity contribution in [2.75, 3.05) is 32.9 Å². The molecule has 25 heavy (non-hydrogen) atoms. The predicted molar refractivity (Wildman–Crippen MR) is 80.6 cm³/mol. The molecule has 7 nitrogen and oxygen atoms in total. The van der Waals surface area contributed by atoms with Crippen LogP contribution >= 0.6 is 0 Å². The second-order valence-corrected chi connectivity index (χ2v) is 7.01. The van der Waals surface area contributed by atoms with E-state index in [0.29, 0.717) is 19.8 Å². The zero-order valence-electron chi connectivity index (χ0n) is 13.0. The molecule has 1 saturated heterocycles. The van der Waals surface area contributed by atoms with Gasteiger partial charge in [0.1, 0.15) is 6.54 Å². The standard InChI is InChI=1S/C14H17F3N2O5S/c15-14(16,17)9-19-25(21,22)12-3-1-2-10(6-12)13(20)18-7-11-8-23-4-5-24-11/h1-3,6,11,19H,4-5,7-9H2,(H,18,20). The predicted octanol–water partition coefficient (Wildman–Crippen LogP) is 0.672. The SMILES string of the molecule is O=C(NCC1COCCO1)c1cccc(S(=O)(=O)NCC(F)(F)F)c1. The van der Waals surface area contributed by atoms with Crippen LogP contribution in [0, 0.1) is 0 Å². The highest BCUT2D eigenvalue weighted by Crippen LogP contribution is 2.16. The molecule has 0 radical (unpaired) electrons. The molecule has 1 amide bonds. The summed E-state index contributed by atoms with van der Waals surface area (Å²) in [6, 6.07) is 4.74. The van der Waals surface area contributed by atoms with Gasteiger partial charge in [0, 0.05) is 12.1 Å². The van der Waals surface area contributed by atoms with E-state index in [2.05, 4.69) is 5.32 Å². The highest BCUT2D eigenvalue weighted by Gasteiger charge is 2.30. The lowest BCUT2D eigenvalue weighted by Gasteiger charge is -2.23. The van der Waals surface area contributed by atoms with Crippen molar-refractivity contribution in [1.82, 2.24) is 10.0 Å². The number of halogens is 3. The Balaban J connectivity index is 2.00. The van der Waals surface area contributed by atoms with Gasteiger partial charge in [-0.1, -0.05) is 6.07 Å². The Bertz CT molecular complexity index is 703. The molecule has 1 fully saturated rings. The first kappa shape index (κ1) is 19.6. The molecule has 0 bridgehead atoms. The van der Waals surface area contributed by atoms with E-state index in [-0.39, 0.29) is 18.2 Å². The molecular weight excluding hydrogens is 365 g/mol. The third-order valence-corrected chi connectivity index (χ3v) is 4.64. The van der Waals surface area contributed by atoms with Gasteiger partial charge in [-0.05, 0) is 18.2 Å². The number of alkyl halides is 3. The number of hydrogen-bond acceptors (Lipinski definition) is 5. The van der Waals surface area contributed by atoms with Crippen molar-refractivity contribution >= 4 is 15.9 Å². The number of ether oxygens (including phenoxy) is 2. The fourth-order valence-corrected chi connectivity index (χ4v) is 3.09. The van der Waals surface area contributed by atoms with E-state index in [1.54, 1.807) is 0 Å². The molecule has 1 atom stereocenters. The highest BCUT2D eigenvalue weighted by atomic mass is 32.2. The monoisotopic (exact) mass is 382 g/mol. The first-order chi connectivity index (χ1) is 11.7. The zero-order chi connectivity index (χ0) is 18.5. The fourth-order valence-electron chi connectivity index (χ4n) is 2.03. The molecule has 1 aliphatic heterocycles. The third-order valence-electron chi connectivity index (χ3n) is 3.24. The molecule has 0 aliphatic carbocycles. The molecular formula is C14H17F3N2O5S. The largest absolute Gasteiger partial charge is 0.402 e. The number of rotatable bonds is 6. The van der Waals surface area contributed by atoms with Gasteiger partial charge in [-0.3, -0.25) is 4.79 Å². The Morgan fingerprint density at radius 1 is 1.28 bits per heavy atom. The van der Waals surface area contributed by atoms with Crippen molar-refractivity contribution < 1.29 is 35.9 Å². The molecule has 1 aromatic rings. The molecule has 0 saturated carbocycles. The van der Waals surface area contributed by atoms with E-state index >= 15 is 0 Å². The van der Waals surface area contributed by atoms with E-state index in [0.717, 1.165) is 12.1 Å². The molecule has 0 aromatic heterocycles. The van der Waals surface area contributed by atoms with Crippen LogP contribution in [0.2, 0.25) is 0 Å². The van der Waals surface area contributed by atoms with Gasteiger partial charge in [0.15, 0.2) is 0 Å². The van der Waals surface area contributed by atoms with Crippen molar-refractivity contribution in [2.45, 2.75) is 17.2 Å². The third kappa shape index (κ3) is 6.27. The maximum absolute atomic E-state index is 12.2. The van der Waals surface area contributed by atoms with Gasteiger partial charge in [0.2, 0.25) is 10.0 Å². The number of carbonyl (C=O) groups excluding carboxylic acids is 1. The molecule has 0 spiro atoms. The first-order valence-electron chi connectivity index (χ1n) is 7.31. The summed E-state index contributed by atoms with van der Waals surface area (Å²) in [6.07, 6.45) is -4.98. The minimum atomic E-state index is -4.68. The Kier molecular flexibility index (Phi) is 6.38. The van der Waals surface area contributed by atoms with E-state index < -0.39 is 33.5 Å². The van der Waals surface area contributed by atoms with E-state index in [4.69, 9.17) is 9.47 Å². The molecule has 140 valence electrons. The zero-order valence-corrected chi connectivity index (χ0v) is 13.8. The van der Waals surface area contributed by atoms with Crippen LogP contribution in [0.3, 0.4) is 0 Å². The number of amides is 1. The molecule has 2 N–H and O–H groups in total. The van der Waals surface area contributed by atoms with Crippen molar-refractivity contribution in [3.63, 3.8) is 0 Å². The topological polar surface area (TPSA) is 93.7 Å². The summed E-state index contributed by atoms with van der Waals surface area (Å²) in [6.45, 7) is -0.294. The van der Waals surface area contributed by atoms with E-state index in [9.17, 15) is 26.4 Å². The maximum atomic E-state index is 12.2. The lowest BCUT2D eigenvalue weighted by molar-refractivity contribution is -0.121. The minimum Gasteiger partial charge on any atom is -0.376 e. The van der Waals surface area contributed by atoms with Crippen LogP contribution < -0.4 is 10.0 Å². The Labute approximate surface area is 142 Å². The van der Waals surface area contributed by atoms with Crippen LogP contribution in [0.15, 0.2) is 29.2 Å². The smallest absolute Gasteiger partial charge is 0.376 e. The fraction of sp³-hybridized carbons (Fsp3) is 0.500. The molecule has 2 rings (SSSR count). The van der Waals surface area contributed by atoms with Crippen molar-refractivity contribution in [3.05, 3.63) is 29.8 Å². The summed E-state index contributed by atoms with van der Waals surface area (Å²) < 4.78 is 72.3. The normalized spacial score (nSPS) is 18.8. The number of benzene rings is 1. The van der Waals surface area contributed by atoms with Crippen LogP contribution in [0.5, 0.6) is 0 Å². The number of hydrogen-bond donors (Lipinski definition) is 2. The lowest BCUT2D eigenvalue weighted by Crippen LogP contribution is -2.39. The highest BCUT2D eigenvalue weighted by molar-refractivity contribution is 7.89. The van der Waals surface area contributed by atoms with Crippen LogP contribution in [0.1, 0.15) is 10.4 Å². The van der Waals surface area contributed by atoms with Crippen molar-refractivity contribution in [3.8, 4) is 0 Å². The van der Waals surface area contributed by atoms with Crippen LogP contribution in [0.25, 0.3) is 0 Å². The molecule has 1 aromatic carbocycles. The molecule has 1 aliphatic rings. The van der Waals surface area contributed by atoms with Gasteiger partial charge in [0.25, 0.3) is 5.91 Å². The van der Waals surface area contributed by atoms with Crippen LogP contribution in [-0.4, -0.2) is 59.5 Å². The summed E-state index contributed by atoms with van der Waals surface area (Å²) in [5.74, 6) is -0.568. The van der Waals surface area contributed by atoms with Crippen LogP contribution in [0.4, 0.5) is 13.2 Å². The second-order valence-electron chi connectivity index (χ2n) is 5.25. The van der Waals surface area contributed by atoms with Gasteiger partial charge in [-0.2, -0.15) is 13.2 Å². The van der Waals surface area contributed by atoms with Gasteiger partial charge in [-0.15, -0.1) is 0 Å². The maximum Gasteiger partial charge on any atom is 0.402 e. The molecule has 11 heteroatoms. The minimum absolute atomic E-state index is 0.00612. The summed E-state index contributed by atoms with van der Waals surface area (Å²) in [4.78, 5) is 11.7. The molecule has 1 heterocycles. The Hall–Kier alpha value is -1.69. The average Bonchev–Trinajstić information content (AvgIpc) is 2.58. The summed E-state index contributed by atoms with van der Waals surface area (Å²) in [5.41, 5.74) is 0.00612. The number of carbonyl (C=O) groups is 1. The van der Waals surface area contributed by atoms with Gasteiger partial charge >= 0.3 is 6.18 Å². The van der Waals surface area contributed by atoms with Gasteiger partial charge in [0.05, 0.1) is 30.8 Å². The number of nitrogens with one attached hydrogen (secondary N) is 2. The quantitative estimate of drug-likeness (QED) is 0.755. The van der Waals surface area contributed by atoms with E-state index in [1.165, 1.54) is 16.9 Å². The van der Waals surface area contributed by atoms with Crippen molar-refractivity contribution in [2.24, 2.45) is 0 Å². The Morgan fingerprint density at radius 2 is 2.04 bits per heavy atom. The van der Waals surface area contributed by atoms with Gasteiger partial charge in [-0.25, -0.2) is 13.1 Å². The average molecular weight is 382 g/mol. The van der Waals surface area contributed by atoms with E-state index in [1.807, 2.05) is 0 Å². The number of sulfonamides is 1. The van der Waals surface area contributed by atoms with Gasteiger partial charge < -0.3 is 14.8 Å². The Morgan fingerprint density at radius 3 is 2.68 bits per heavy atom. The second kappa shape index (κ2) is 8.13. The summed E-state index contributed by atoms with van der Waals surface area (Å²) in [7, 11) is -4.38. The van der Waals surface area contributed by atoms with Crippen molar-refractivity contribution in [1.29, 1.82) is 0 Å².